The minimum Gasteiger partial charge on any atom is -0.330 e. The number of carbonyl (C=O) groups excluding carboxylic acids is 1. The normalized spacial score (nSPS) is 17.1. The highest BCUT2D eigenvalue weighted by atomic mass is 16.2. The molecule has 4 heteroatoms. The zero-order chi connectivity index (χ0) is 11.4. The molecule has 1 aliphatic heterocycles. The first-order chi connectivity index (χ1) is 7.83. The van der Waals surface area contributed by atoms with Crippen molar-refractivity contribution in [1.82, 2.24) is 5.01 Å². The highest BCUT2D eigenvalue weighted by Crippen LogP contribution is 2.22. The van der Waals surface area contributed by atoms with Crippen molar-refractivity contribution in [1.29, 1.82) is 0 Å². The van der Waals surface area contributed by atoms with Gasteiger partial charge in [-0.1, -0.05) is 18.2 Å². The van der Waals surface area contributed by atoms with Crippen LogP contribution in [0.25, 0.3) is 0 Å². The largest absolute Gasteiger partial charge is 0.330 e. The standard InChI is InChI=1S/C12H17N3O/c13-8-4-9-14-10-7-12(16)15(14)11-5-2-1-3-6-11/h1-3,5-6H,4,7-10,13H2. The molecule has 1 heterocycles. The molecule has 0 spiro atoms. The number of hydrogen-bond donors (Lipinski definition) is 1. The topological polar surface area (TPSA) is 49.6 Å². The van der Waals surface area contributed by atoms with E-state index in [1.807, 2.05) is 30.3 Å². The SMILES string of the molecule is NCCCN1CCC(=O)N1c1ccccc1. The lowest BCUT2D eigenvalue weighted by Gasteiger charge is -2.27. The van der Waals surface area contributed by atoms with Crippen LogP contribution in [0, 0.1) is 0 Å². The van der Waals surface area contributed by atoms with Gasteiger partial charge in [0.2, 0.25) is 5.91 Å². The zero-order valence-corrected chi connectivity index (χ0v) is 9.30. The maximum Gasteiger partial charge on any atom is 0.242 e. The van der Waals surface area contributed by atoms with Gasteiger partial charge in [-0.2, -0.15) is 0 Å². The number of nitrogens with zero attached hydrogens (tertiary/aromatic N) is 2. The summed E-state index contributed by atoms with van der Waals surface area (Å²) in [6.07, 6.45) is 1.51. The molecule has 4 nitrogen and oxygen atoms in total. The molecule has 0 radical (unpaired) electrons. The molecule has 0 unspecified atom stereocenters. The molecule has 1 aromatic rings. The Labute approximate surface area is 95.6 Å². The monoisotopic (exact) mass is 219 g/mol. The Hall–Kier alpha value is -1.39. The van der Waals surface area contributed by atoms with Crippen molar-refractivity contribution in [3.63, 3.8) is 0 Å². The summed E-state index contributed by atoms with van der Waals surface area (Å²) in [4.78, 5) is 11.8. The van der Waals surface area contributed by atoms with Crippen LogP contribution in [0.1, 0.15) is 12.8 Å². The number of hydrazine groups is 1. The van der Waals surface area contributed by atoms with Crippen LogP contribution >= 0.6 is 0 Å². The summed E-state index contributed by atoms with van der Waals surface area (Å²) in [6.45, 7) is 2.30. The molecule has 2 N–H and O–H groups in total. The van der Waals surface area contributed by atoms with Crippen molar-refractivity contribution in [3.05, 3.63) is 30.3 Å². The van der Waals surface area contributed by atoms with Crippen molar-refractivity contribution >= 4 is 11.6 Å². The van der Waals surface area contributed by atoms with Gasteiger partial charge in [-0.25, -0.2) is 10.0 Å². The summed E-state index contributed by atoms with van der Waals surface area (Å²) in [6, 6.07) is 9.76. The predicted octanol–water partition coefficient (Wildman–Crippen LogP) is 0.989. The van der Waals surface area contributed by atoms with E-state index in [0.29, 0.717) is 13.0 Å². The second-order valence-electron chi connectivity index (χ2n) is 3.89. The second kappa shape index (κ2) is 5.09. The van der Waals surface area contributed by atoms with Crippen LogP contribution in [0.4, 0.5) is 5.69 Å². The Morgan fingerprint density at radius 1 is 1.25 bits per heavy atom. The van der Waals surface area contributed by atoms with Gasteiger partial charge in [0, 0.05) is 19.5 Å². The van der Waals surface area contributed by atoms with Crippen molar-refractivity contribution in [2.75, 3.05) is 24.6 Å². The number of hydrogen-bond acceptors (Lipinski definition) is 3. The fraction of sp³-hybridized carbons (Fsp3) is 0.417. The van der Waals surface area contributed by atoms with Crippen LogP contribution in [0.5, 0.6) is 0 Å². The van der Waals surface area contributed by atoms with Gasteiger partial charge in [-0.05, 0) is 25.1 Å². The van der Waals surface area contributed by atoms with E-state index in [9.17, 15) is 4.79 Å². The number of carbonyl (C=O) groups is 1. The molecule has 2 rings (SSSR count). The molecule has 0 bridgehead atoms. The van der Waals surface area contributed by atoms with Crippen LogP contribution in [0.2, 0.25) is 0 Å². The first-order valence-electron chi connectivity index (χ1n) is 5.66. The molecule has 16 heavy (non-hydrogen) atoms. The van der Waals surface area contributed by atoms with Crippen LogP contribution in [0.15, 0.2) is 30.3 Å². The molecule has 0 aromatic heterocycles. The van der Waals surface area contributed by atoms with Crippen LogP contribution in [-0.2, 0) is 4.79 Å². The summed E-state index contributed by atoms with van der Waals surface area (Å²) in [5, 5.41) is 3.85. The summed E-state index contributed by atoms with van der Waals surface area (Å²) < 4.78 is 0. The van der Waals surface area contributed by atoms with Crippen molar-refractivity contribution < 1.29 is 4.79 Å². The van der Waals surface area contributed by atoms with Gasteiger partial charge in [0.05, 0.1) is 5.69 Å². The maximum atomic E-state index is 11.8. The lowest BCUT2D eigenvalue weighted by atomic mass is 10.3. The Morgan fingerprint density at radius 2 is 2.00 bits per heavy atom. The fourth-order valence-corrected chi connectivity index (χ4v) is 1.95. The quantitative estimate of drug-likeness (QED) is 0.821. The molecule has 0 saturated carbocycles. The molecular weight excluding hydrogens is 202 g/mol. The third-order valence-electron chi connectivity index (χ3n) is 2.72. The van der Waals surface area contributed by atoms with Crippen molar-refractivity contribution in [3.8, 4) is 0 Å². The summed E-state index contributed by atoms with van der Waals surface area (Å²) in [7, 11) is 0. The Kier molecular flexibility index (Phi) is 3.54. The van der Waals surface area contributed by atoms with E-state index in [-0.39, 0.29) is 5.91 Å². The first kappa shape index (κ1) is 11.1. The molecule has 86 valence electrons. The second-order valence-corrected chi connectivity index (χ2v) is 3.89. The predicted molar refractivity (Wildman–Crippen MR) is 63.8 cm³/mol. The highest BCUT2D eigenvalue weighted by Gasteiger charge is 2.29. The van der Waals surface area contributed by atoms with Crippen LogP contribution in [-0.4, -0.2) is 30.6 Å². The van der Waals surface area contributed by atoms with Crippen molar-refractivity contribution in [2.24, 2.45) is 5.73 Å². The number of benzene rings is 1. The number of amides is 1. The van der Waals surface area contributed by atoms with Gasteiger partial charge in [0.25, 0.3) is 0 Å². The summed E-state index contributed by atoms with van der Waals surface area (Å²) in [5.74, 6) is 0.170. The average molecular weight is 219 g/mol. The molecule has 1 aromatic carbocycles. The molecule has 1 saturated heterocycles. The van der Waals surface area contributed by atoms with E-state index >= 15 is 0 Å². The molecular formula is C12H17N3O. The van der Waals surface area contributed by atoms with Gasteiger partial charge in [-0.3, -0.25) is 4.79 Å². The van der Waals surface area contributed by atoms with Gasteiger partial charge in [-0.15, -0.1) is 0 Å². The van der Waals surface area contributed by atoms with Gasteiger partial charge in [0.1, 0.15) is 0 Å². The minimum absolute atomic E-state index is 0.170. The Morgan fingerprint density at radius 3 is 2.69 bits per heavy atom. The molecule has 1 aliphatic rings. The molecule has 1 fully saturated rings. The van der Waals surface area contributed by atoms with Gasteiger partial charge < -0.3 is 5.73 Å². The van der Waals surface area contributed by atoms with E-state index in [2.05, 4.69) is 5.01 Å². The lowest BCUT2D eigenvalue weighted by molar-refractivity contribution is -0.118. The number of para-hydroxylation sites is 1. The lowest BCUT2D eigenvalue weighted by Crippen LogP contribution is -2.40. The van der Waals surface area contributed by atoms with Crippen LogP contribution in [0.3, 0.4) is 0 Å². The number of rotatable bonds is 4. The van der Waals surface area contributed by atoms with E-state index < -0.39 is 0 Å². The zero-order valence-electron chi connectivity index (χ0n) is 9.30. The van der Waals surface area contributed by atoms with Gasteiger partial charge >= 0.3 is 0 Å². The van der Waals surface area contributed by atoms with Gasteiger partial charge in [0.15, 0.2) is 0 Å². The van der Waals surface area contributed by atoms with E-state index in [1.165, 1.54) is 0 Å². The smallest absolute Gasteiger partial charge is 0.242 e. The molecule has 1 amide bonds. The summed E-state index contributed by atoms with van der Waals surface area (Å²) in [5.41, 5.74) is 6.44. The van der Waals surface area contributed by atoms with Crippen molar-refractivity contribution in [2.45, 2.75) is 12.8 Å². The molecule has 0 aliphatic carbocycles. The third-order valence-corrected chi connectivity index (χ3v) is 2.72. The van der Waals surface area contributed by atoms with E-state index in [4.69, 9.17) is 5.73 Å². The van der Waals surface area contributed by atoms with E-state index in [1.54, 1.807) is 5.01 Å². The average Bonchev–Trinajstić information content (AvgIpc) is 2.69. The molecule has 0 atom stereocenters. The summed E-state index contributed by atoms with van der Waals surface area (Å²) >= 11 is 0. The van der Waals surface area contributed by atoms with Crippen LogP contribution < -0.4 is 10.7 Å². The number of nitrogens with two attached hydrogens (primary N) is 1. The maximum absolute atomic E-state index is 11.8. The number of anilines is 1. The highest BCUT2D eigenvalue weighted by molar-refractivity contribution is 5.94. The Balaban J connectivity index is 2.13. The first-order valence-corrected chi connectivity index (χ1v) is 5.66. The minimum atomic E-state index is 0.170. The Bertz CT molecular complexity index is 353. The fourth-order valence-electron chi connectivity index (χ4n) is 1.95. The van der Waals surface area contributed by atoms with E-state index in [0.717, 1.165) is 25.2 Å². The third kappa shape index (κ3) is 2.23.